The maximum atomic E-state index is 9.99. The Labute approximate surface area is 145 Å². The first kappa shape index (κ1) is 17.3. The third kappa shape index (κ3) is 3.31. The number of halogens is 1. The third-order valence-corrected chi connectivity index (χ3v) is 6.57. The quantitative estimate of drug-likeness (QED) is 0.794. The summed E-state index contributed by atoms with van der Waals surface area (Å²) >= 11 is 6.66. The van der Waals surface area contributed by atoms with E-state index in [2.05, 4.69) is 30.4 Å². The fourth-order valence-electron chi connectivity index (χ4n) is 4.53. The first-order chi connectivity index (χ1) is 11.2. The van der Waals surface area contributed by atoms with E-state index in [0.29, 0.717) is 11.8 Å². The molecule has 1 aromatic carbocycles. The van der Waals surface area contributed by atoms with E-state index in [1.807, 2.05) is 0 Å². The Morgan fingerprint density at radius 1 is 1.22 bits per heavy atom. The third-order valence-electron chi connectivity index (χ3n) is 6.24. The SMILES string of the molecule is CCNCC1(c2ccc(C3CCC3)c(Cl)c2)CCCCC1CO. The van der Waals surface area contributed by atoms with Crippen LogP contribution in [-0.4, -0.2) is 24.8 Å². The van der Waals surface area contributed by atoms with E-state index in [-0.39, 0.29) is 12.0 Å². The van der Waals surface area contributed by atoms with Crippen LogP contribution in [0.3, 0.4) is 0 Å². The molecule has 2 unspecified atom stereocenters. The lowest BCUT2D eigenvalue weighted by molar-refractivity contribution is 0.103. The molecule has 2 nitrogen and oxygen atoms in total. The summed E-state index contributed by atoms with van der Waals surface area (Å²) in [5.74, 6) is 1.00. The van der Waals surface area contributed by atoms with Crippen molar-refractivity contribution in [3.05, 3.63) is 34.3 Å². The lowest BCUT2D eigenvalue weighted by Gasteiger charge is -2.45. The average Bonchev–Trinajstić information content (AvgIpc) is 2.53. The minimum absolute atomic E-state index is 0.0325. The van der Waals surface area contributed by atoms with Gasteiger partial charge in [-0.05, 0) is 61.3 Å². The number of likely N-dealkylation sites (N-methyl/N-ethyl adjacent to an activating group) is 1. The summed E-state index contributed by atoms with van der Waals surface area (Å²) in [5, 5.41) is 14.5. The molecule has 2 aliphatic carbocycles. The monoisotopic (exact) mass is 335 g/mol. The van der Waals surface area contributed by atoms with Crippen LogP contribution in [0.25, 0.3) is 0 Å². The fraction of sp³-hybridized carbons (Fsp3) is 0.700. The van der Waals surface area contributed by atoms with E-state index in [1.54, 1.807) is 0 Å². The molecule has 0 heterocycles. The molecule has 2 fully saturated rings. The summed E-state index contributed by atoms with van der Waals surface area (Å²) in [4.78, 5) is 0. The standard InChI is InChI=1S/C20H30ClNO/c1-2-22-14-20(11-4-3-8-17(20)13-23)16-9-10-18(19(21)12-16)15-6-5-7-15/h9-10,12,15,17,22-23H,2-8,11,13-14H2,1H3. The molecule has 3 heteroatoms. The van der Waals surface area contributed by atoms with Crippen LogP contribution in [0.1, 0.15) is 68.9 Å². The van der Waals surface area contributed by atoms with Crippen LogP contribution < -0.4 is 5.32 Å². The molecular weight excluding hydrogens is 306 g/mol. The van der Waals surface area contributed by atoms with Crippen LogP contribution in [0.2, 0.25) is 5.02 Å². The van der Waals surface area contributed by atoms with Gasteiger partial charge in [-0.1, -0.05) is 49.9 Å². The van der Waals surface area contributed by atoms with E-state index in [0.717, 1.165) is 31.0 Å². The van der Waals surface area contributed by atoms with E-state index in [1.165, 1.54) is 43.2 Å². The molecule has 0 spiro atoms. The molecule has 0 amide bonds. The molecule has 128 valence electrons. The molecule has 2 N–H and O–H groups in total. The van der Waals surface area contributed by atoms with Crippen LogP contribution >= 0.6 is 11.6 Å². The van der Waals surface area contributed by atoms with Crippen molar-refractivity contribution in [2.45, 2.75) is 63.2 Å². The summed E-state index contributed by atoms with van der Waals surface area (Å²) in [6.07, 6.45) is 8.62. The molecular formula is C20H30ClNO. The normalized spacial score (nSPS) is 28.6. The fourth-order valence-corrected chi connectivity index (χ4v) is 4.86. The number of benzene rings is 1. The van der Waals surface area contributed by atoms with Gasteiger partial charge >= 0.3 is 0 Å². The van der Waals surface area contributed by atoms with Crippen molar-refractivity contribution in [3.8, 4) is 0 Å². The summed E-state index contributed by atoms with van der Waals surface area (Å²) in [7, 11) is 0. The lowest BCUT2D eigenvalue weighted by Crippen LogP contribution is -2.47. The number of rotatable bonds is 6. The Morgan fingerprint density at radius 2 is 2.04 bits per heavy atom. The van der Waals surface area contributed by atoms with Crippen LogP contribution in [0.4, 0.5) is 0 Å². The van der Waals surface area contributed by atoms with Crippen molar-refractivity contribution < 1.29 is 5.11 Å². The van der Waals surface area contributed by atoms with Gasteiger partial charge < -0.3 is 10.4 Å². The van der Waals surface area contributed by atoms with Gasteiger partial charge in [-0.2, -0.15) is 0 Å². The molecule has 0 aromatic heterocycles. The van der Waals surface area contributed by atoms with Gasteiger partial charge in [0.2, 0.25) is 0 Å². The molecule has 0 aliphatic heterocycles. The van der Waals surface area contributed by atoms with Crippen LogP contribution in [-0.2, 0) is 5.41 Å². The first-order valence-electron chi connectivity index (χ1n) is 9.32. The Bertz CT molecular complexity index is 528. The Hall–Kier alpha value is -0.570. The first-order valence-corrected chi connectivity index (χ1v) is 9.70. The minimum atomic E-state index is 0.0325. The molecule has 1 aromatic rings. The van der Waals surface area contributed by atoms with Gasteiger partial charge in [-0.3, -0.25) is 0 Å². The highest BCUT2D eigenvalue weighted by Gasteiger charge is 2.41. The number of hydrogen-bond donors (Lipinski definition) is 2. The van der Waals surface area contributed by atoms with Gasteiger partial charge in [0, 0.05) is 23.6 Å². The maximum absolute atomic E-state index is 9.99. The highest BCUT2D eigenvalue weighted by molar-refractivity contribution is 6.31. The van der Waals surface area contributed by atoms with Gasteiger partial charge in [-0.25, -0.2) is 0 Å². The number of hydrogen-bond acceptors (Lipinski definition) is 2. The zero-order valence-electron chi connectivity index (χ0n) is 14.3. The van der Waals surface area contributed by atoms with Gasteiger partial charge in [0.1, 0.15) is 0 Å². The van der Waals surface area contributed by atoms with Crippen LogP contribution in [0.15, 0.2) is 18.2 Å². The predicted octanol–water partition coefficient (Wildman–Crippen LogP) is 4.64. The van der Waals surface area contributed by atoms with Gasteiger partial charge in [0.05, 0.1) is 0 Å². The summed E-state index contributed by atoms with van der Waals surface area (Å²) in [6, 6.07) is 6.77. The van der Waals surface area contributed by atoms with E-state index in [9.17, 15) is 5.11 Å². The zero-order chi connectivity index (χ0) is 16.3. The van der Waals surface area contributed by atoms with Crippen molar-refractivity contribution in [2.75, 3.05) is 19.7 Å². The number of aliphatic hydroxyl groups is 1. The van der Waals surface area contributed by atoms with Gasteiger partial charge in [0.15, 0.2) is 0 Å². The molecule has 0 saturated heterocycles. The van der Waals surface area contributed by atoms with E-state index in [4.69, 9.17) is 11.6 Å². The molecule has 2 saturated carbocycles. The van der Waals surface area contributed by atoms with Crippen molar-refractivity contribution in [1.29, 1.82) is 0 Å². The van der Waals surface area contributed by atoms with Gasteiger partial charge in [0.25, 0.3) is 0 Å². The Kier molecular flexibility index (Phi) is 5.66. The molecule has 0 bridgehead atoms. The molecule has 0 radical (unpaired) electrons. The largest absolute Gasteiger partial charge is 0.396 e. The van der Waals surface area contributed by atoms with E-state index >= 15 is 0 Å². The smallest absolute Gasteiger partial charge is 0.0468 e. The topological polar surface area (TPSA) is 32.3 Å². The Morgan fingerprint density at radius 3 is 2.65 bits per heavy atom. The summed E-state index contributed by atoms with van der Waals surface area (Å²) in [5.41, 5.74) is 2.69. The van der Waals surface area contributed by atoms with Crippen LogP contribution in [0, 0.1) is 5.92 Å². The van der Waals surface area contributed by atoms with Crippen molar-refractivity contribution >= 4 is 11.6 Å². The second kappa shape index (κ2) is 7.55. The van der Waals surface area contributed by atoms with E-state index < -0.39 is 0 Å². The molecule has 3 rings (SSSR count). The highest BCUT2D eigenvalue weighted by Crippen LogP contribution is 2.46. The second-order valence-corrected chi connectivity index (χ2v) is 7.83. The number of nitrogens with one attached hydrogen (secondary N) is 1. The van der Waals surface area contributed by atoms with Crippen molar-refractivity contribution in [1.82, 2.24) is 5.32 Å². The molecule has 23 heavy (non-hydrogen) atoms. The van der Waals surface area contributed by atoms with Crippen molar-refractivity contribution in [3.63, 3.8) is 0 Å². The number of aliphatic hydroxyl groups excluding tert-OH is 1. The Balaban J connectivity index is 1.93. The molecule has 2 atom stereocenters. The van der Waals surface area contributed by atoms with Crippen molar-refractivity contribution in [2.24, 2.45) is 5.92 Å². The summed E-state index contributed by atoms with van der Waals surface area (Å²) < 4.78 is 0. The molecule has 2 aliphatic rings. The highest BCUT2D eigenvalue weighted by atomic mass is 35.5. The maximum Gasteiger partial charge on any atom is 0.0468 e. The zero-order valence-corrected chi connectivity index (χ0v) is 15.0. The van der Waals surface area contributed by atoms with Crippen LogP contribution in [0.5, 0.6) is 0 Å². The average molecular weight is 336 g/mol. The predicted molar refractivity (Wildman–Crippen MR) is 97.3 cm³/mol. The lowest BCUT2D eigenvalue weighted by atomic mass is 9.62. The minimum Gasteiger partial charge on any atom is -0.396 e. The second-order valence-electron chi connectivity index (χ2n) is 7.43. The van der Waals surface area contributed by atoms with Gasteiger partial charge in [-0.15, -0.1) is 0 Å². The summed E-state index contributed by atoms with van der Waals surface area (Å²) in [6.45, 7) is 4.33.